The lowest BCUT2D eigenvalue weighted by molar-refractivity contribution is -0.123. The number of benzene rings is 2. The highest BCUT2D eigenvalue weighted by Crippen LogP contribution is 2.24. The third kappa shape index (κ3) is 4.57. The van der Waals surface area contributed by atoms with Crippen LogP contribution < -0.4 is 15.8 Å². The summed E-state index contributed by atoms with van der Waals surface area (Å²) in [4.78, 5) is 12.0. The molecule has 4 nitrogen and oxygen atoms in total. The van der Waals surface area contributed by atoms with Gasteiger partial charge in [-0.05, 0) is 37.5 Å². The van der Waals surface area contributed by atoms with Crippen molar-refractivity contribution in [1.29, 1.82) is 0 Å². The normalized spacial score (nSPS) is 13.2. The number of rotatable bonds is 6. The van der Waals surface area contributed by atoms with Gasteiger partial charge in [0.15, 0.2) is 0 Å². The van der Waals surface area contributed by atoms with E-state index in [2.05, 4.69) is 5.32 Å². The molecule has 0 aliphatic rings. The van der Waals surface area contributed by atoms with Crippen LogP contribution in [0.25, 0.3) is 0 Å². The molecule has 0 aromatic heterocycles. The number of carbonyl (C=O) groups is 1. The molecule has 0 aliphatic carbocycles. The second-order valence-corrected chi connectivity index (χ2v) is 5.79. The van der Waals surface area contributed by atoms with E-state index in [0.717, 1.165) is 22.4 Å². The molecule has 0 saturated heterocycles. The Labute approximate surface area is 137 Å². The van der Waals surface area contributed by atoms with Crippen molar-refractivity contribution in [2.45, 2.75) is 32.9 Å². The van der Waals surface area contributed by atoms with E-state index in [-0.39, 0.29) is 11.9 Å². The first-order chi connectivity index (χ1) is 11.0. The van der Waals surface area contributed by atoms with Crippen LogP contribution in [0.15, 0.2) is 48.5 Å². The van der Waals surface area contributed by atoms with Gasteiger partial charge < -0.3 is 15.8 Å². The lowest BCUT2D eigenvalue weighted by Gasteiger charge is -2.22. The van der Waals surface area contributed by atoms with Crippen LogP contribution in [0.5, 0.6) is 5.75 Å². The zero-order valence-electron chi connectivity index (χ0n) is 13.9. The van der Waals surface area contributed by atoms with Gasteiger partial charge in [-0.2, -0.15) is 0 Å². The zero-order chi connectivity index (χ0) is 16.8. The van der Waals surface area contributed by atoms with E-state index in [1.807, 2.05) is 62.4 Å². The predicted molar refractivity (Wildman–Crippen MR) is 92.4 cm³/mol. The number of amides is 1. The van der Waals surface area contributed by atoms with Gasteiger partial charge >= 0.3 is 0 Å². The monoisotopic (exact) mass is 312 g/mol. The second kappa shape index (κ2) is 7.79. The molecule has 4 heteroatoms. The first kappa shape index (κ1) is 17.0. The minimum atomic E-state index is -0.554. The zero-order valence-corrected chi connectivity index (χ0v) is 13.9. The Morgan fingerprint density at radius 1 is 1.09 bits per heavy atom. The quantitative estimate of drug-likeness (QED) is 0.862. The van der Waals surface area contributed by atoms with Crippen molar-refractivity contribution in [3.05, 3.63) is 65.2 Å². The van der Waals surface area contributed by atoms with Crippen LogP contribution in [0, 0.1) is 13.8 Å². The number of nitrogens with two attached hydrogens (primary N) is 1. The summed E-state index contributed by atoms with van der Waals surface area (Å²) in [6.45, 7) is 6.05. The van der Waals surface area contributed by atoms with Gasteiger partial charge in [0, 0.05) is 0 Å². The summed E-state index contributed by atoms with van der Waals surface area (Å²) in [6.07, 6.45) is 0. The Morgan fingerprint density at radius 3 is 2.26 bits per heavy atom. The van der Waals surface area contributed by atoms with E-state index in [4.69, 9.17) is 10.5 Å². The fourth-order valence-electron chi connectivity index (χ4n) is 2.40. The Balaban J connectivity index is 2.16. The molecule has 0 radical (unpaired) electrons. The summed E-state index contributed by atoms with van der Waals surface area (Å²) in [5.74, 6) is 0.674. The average molecular weight is 312 g/mol. The van der Waals surface area contributed by atoms with Gasteiger partial charge in [-0.1, -0.05) is 48.5 Å². The van der Waals surface area contributed by atoms with Crippen LogP contribution in [-0.4, -0.2) is 18.6 Å². The fourth-order valence-corrected chi connectivity index (χ4v) is 2.40. The van der Waals surface area contributed by atoms with Crippen LogP contribution in [0.2, 0.25) is 0 Å². The van der Waals surface area contributed by atoms with Gasteiger partial charge in [0.2, 0.25) is 5.91 Å². The van der Waals surface area contributed by atoms with Crippen molar-refractivity contribution >= 4 is 5.91 Å². The molecule has 2 aromatic carbocycles. The summed E-state index contributed by atoms with van der Waals surface area (Å²) in [5.41, 5.74) is 8.82. The van der Waals surface area contributed by atoms with E-state index >= 15 is 0 Å². The maximum atomic E-state index is 12.0. The van der Waals surface area contributed by atoms with Crippen LogP contribution in [0.4, 0.5) is 0 Å². The molecule has 2 aromatic rings. The number of hydrogen-bond acceptors (Lipinski definition) is 3. The fraction of sp³-hybridized carbons (Fsp3) is 0.316. The molecule has 0 heterocycles. The van der Waals surface area contributed by atoms with Crippen molar-refractivity contribution in [3.8, 4) is 5.75 Å². The molecule has 23 heavy (non-hydrogen) atoms. The van der Waals surface area contributed by atoms with E-state index < -0.39 is 6.04 Å². The van der Waals surface area contributed by atoms with Gasteiger partial charge in [0.25, 0.3) is 0 Å². The van der Waals surface area contributed by atoms with Gasteiger partial charge in [-0.3, -0.25) is 4.79 Å². The minimum Gasteiger partial charge on any atom is -0.491 e. The number of carbonyl (C=O) groups excluding carboxylic acids is 1. The maximum absolute atomic E-state index is 12.0. The van der Waals surface area contributed by atoms with Gasteiger partial charge in [-0.15, -0.1) is 0 Å². The van der Waals surface area contributed by atoms with Crippen LogP contribution in [0.1, 0.15) is 29.7 Å². The molecular formula is C19H24N2O2. The van der Waals surface area contributed by atoms with Crippen molar-refractivity contribution < 1.29 is 9.53 Å². The summed E-state index contributed by atoms with van der Waals surface area (Å²) >= 11 is 0. The molecule has 1 unspecified atom stereocenters. The van der Waals surface area contributed by atoms with E-state index in [1.54, 1.807) is 6.92 Å². The molecule has 2 rings (SSSR count). The number of ether oxygens (including phenoxy) is 1. The number of aryl methyl sites for hydroxylation is 2. The van der Waals surface area contributed by atoms with Crippen LogP contribution >= 0.6 is 0 Å². The van der Waals surface area contributed by atoms with Gasteiger partial charge in [-0.25, -0.2) is 0 Å². The van der Waals surface area contributed by atoms with Crippen molar-refractivity contribution in [1.82, 2.24) is 5.32 Å². The number of hydrogen-bond donors (Lipinski definition) is 2. The Bertz CT molecular complexity index is 633. The Kier molecular flexibility index (Phi) is 5.77. The lowest BCUT2D eigenvalue weighted by Crippen LogP contribution is -2.42. The molecule has 3 N–H and O–H groups in total. The largest absolute Gasteiger partial charge is 0.491 e. The summed E-state index contributed by atoms with van der Waals surface area (Å²) in [6, 6.07) is 15.0. The molecule has 0 bridgehead atoms. The molecule has 0 spiro atoms. The Morgan fingerprint density at radius 2 is 1.70 bits per heavy atom. The van der Waals surface area contributed by atoms with Crippen LogP contribution in [-0.2, 0) is 4.79 Å². The first-order valence-corrected chi connectivity index (χ1v) is 7.79. The molecule has 1 amide bonds. The SMILES string of the molecule is Cc1cccc(C)c1OCC(NC(=O)[C@@H](C)N)c1ccccc1. The molecule has 0 saturated carbocycles. The molecule has 0 fully saturated rings. The highest BCUT2D eigenvalue weighted by atomic mass is 16.5. The van der Waals surface area contributed by atoms with Crippen LogP contribution in [0.3, 0.4) is 0 Å². The molecule has 0 aliphatic heterocycles. The smallest absolute Gasteiger partial charge is 0.237 e. The maximum Gasteiger partial charge on any atom is 0.237 e. The van der Waals surface area contributed by atoms with Crippen molar-refractivity contribution in [2.24, 2.45) is 5.73 Å². The summed E-state index contributed by atoms with van der Waals surface area (Å²) < 4.78 is 6.01. The summed E-state index contributed by atoms with van der Waals surface area (Å²) in [7, 11) is 0. The average Bonchev–Trinajstić information content (AvgIpc) is 2.53. The van der Waals surface area contributed by atoms with E-state index in [0.29, 0.717) is 6.61 Å². The second-order valence-electron chi connectivity index (χ2n) is 5.79. The van der Waals surface area contributed by atoms with E-state index in [9.17, 15) is 4.79 Å². The topological polar surface area (TPSA) is 64.3 Å². The van der Waals surface area contributed by atoms with Crippen molar-refractivity contribution in [2.75, 3.05) is 6.61 Å². The predicted octanol–water partition coefficient (Wildman–Crippen LogP) is 2.89. The first-order valence-electron chi connectivity index (χ1n) is 7.79. The third-order valence-corrected chi connectivity index (χ3v) is 3.74. The van der Waals surface area contributed by atoms with Gasteiger partial charge in [0.1, 0.15) is 12.4 Å². The number of para-hydroxylation sites is 1. The minimum absolute atomic E-state index is 0.191. The van der Waals surface area contributed by atoms with Crippen molar-refractivity contribution in [3.63, 3.8) is 0 Å². The standard InChI is InChI=1S/C19H24N2O2/c1-13-8-7-9-14(2)18(13)23-12-17(21-19(22)15(3)20)16-10-5-4-6-11-16/h4-11,15,17H,12,20H2,1-3H3,(H,21,22)/t15-,17?/m1/s1. The van der Waals surface area contributed by atoms with Gasteiger partial charge in [0.05, 0.1) is 12.1 Å². The molecule has 2 atom stereocenters. The molecule has 122 valence electrons. The number of nitrogens with one attached hydrogen (secondary N) is 1. The molecular weight excluding hydrogens is 288 g/mol. The summed E-state index contributed by atoms with van der Waals surface area (Å²) in [5, 5.41) is 2.95. The highest BCUT2D eigenvalue weighted by molar-refractivity contribution is 5.81. The lowest BCUT2D eigenvalue weighted by atomic mass is 10.1. The third-order valence-electron chi connectivity index (χ3n) is 3.74. The highest BCUT2D eigenvalue weighted by Gasteiger charge is 2.18. The Hall–Kier alpha value is -2.33. The van der Waals surface area contributed by atoms with E-state index in [1.165, 1.54) is 0 Å².